The van der Waals surface area contributed by atoms with Crippen LogP contribution in [0.4, 0.5) is 0 Å². The lowest BCUT2D eigenvalue weighted by Crippen LogP contribution is -2.30. The van der Waals surface area contributed by atoms with Crippen molar-refractivity contribution in [3.05, 3.63) is 12.2 Å². The quantitative estimate of drug-likeness (QED) is 0.0271. The van der Waals surface area contributed by atoms with Crippen LogP contribution in [0.3, 0.4) is 0 Å². The number of allylic oxidation sites excluding steroid dienone is 2. The van der Waals surface area contributed by atoms with E-state index in [0.717, 1.165) is 77.0 Å². The van der Waals surface area contributed by atoms with E-state index in [1.54, 1.807) is 0 Å². The highest BCUT2D eigenvalue weighted by molar-refractivity contribution is 5.71. The number of unbranched alkanes of at least 4 members (excludes halogenated alkanes) is 27. The Hall–Kier alpha value is -1.85. The molecule has 0 saturated carbocycles. The van der Waals surface area contributed by atoms with Crippen LogP contribution < -0.4 is 0 Å². The van der Waals surface area contributed by atoms with E-state index in [2.05, 4.69) is 32.9 Å². The lowest BCUT2D eigenvalue weighted by Gasteiger charge is -2.18. The second-order valence-electron chi connectivity index (χ2n) is 15.0. The molecule has 0 aromatic rings. The Morgan fingerprint density at radius 2 is 0.667 bits per heavy atom. The van der Waals surface area contributed by atoms with Crippen molar-refractivity contribution in [1.82, 2.24) is 0 Å². The summed E-state index contributed by atoms with van der Waals surface area (Å²) in [6.07, 6.45) is 41.9. The van der Waals surface area contributed by atoms with Crippen LogP contribution in [0.1, 0.15) is 239 Å². The Bertz CT molecular complexity index is 794. The van der Waals surface area contributed by atoms with E-state index in [1.165, 1.54) is 122 Å². The van der Waals surface area contributed by atoms with E-state index in [1.807, 2.05) is 0 Å². The van der Waals surface area contributed by atoms with Crippen LogP contribution in [0.25, 0.3) is 0 Å². The van der Waals surface area contributed by atoms with Gasteiger partial charge in [0.1, 0.15) is 13.2 Å². The van der Waals surface area contributed by atoms with Crippen molar-refractivity contribution >= 4 is 17.9 Å². The van der Waals surface area contributed by atoms with Crippen LogP contribution in [-0.4, -0.2) is 37.2 Å². The highest BCUT2D eigenvalue weighted by atomic mass is 16.6. The monoisotopic (exact) mass is 721 g/mol. The van der Waals surface area contributed by atoms with Crippen molar-refractivity contribution in [2.24, 2.45) is 0 Å². The van der Waals surface area contributed by atoms with Gasteiger partial charge in [-0.05, 0) is 38.5 Å². The molecule has 0 rings (SSSR count). The first-order chi connectivity index (χ1) is 25.0. The van der Waals surface area contributed by atoms with Crippen molar-refractivity contribution in [2.75, 3.05) is 13.2 Å². The SMILES string of the molecule is CCCC/C=C\CCCCCCC(=O)OC(COC(=O)CCCCCCCCCCC)COC(=O)CCCCCCCCCCCCCCCC. The van der Waals surface area contributed by atoms with E-state index in [9.17, 15) is 14.4 Å². The maximum absolute atomic E-state index is 12.6. The summed E-state index contributed by atoms with van der Waals surface area (Å²) >= 11 is 0. The number of rotatable bonds is 40. The fraction of sp³-hybridized carbons (Fsp3) is 0.889. The predicted molar refractivity (Wildman–Crippen MR) is 215 cm³/mol. The highest BCUT2D eigenvalue weighted by Gasteiger charge is 2.19. The van der Waals surface area contributed by atoms with Crippen molar-refractivity contribution in [1.29, 1.82) is 0 Å². The van der Waals surface area contributed by atoms with Crippen molar-refractivity contribution in [3.63, 3.8) is 0 Å². The minimum Gasteiger partial charge on any atom is -0.462 e. The summed E-state index contributed by atoms with van der Waals surface area (Å²) in [5.74, 6) is -0.881. The molecule has 0 saturated heterocycles. The van der Waals surface area contributed by atoms with Gasteiger partial charge >= 0.3 is 17.9 Å². The molecule has 0 aliphatic heterocycles. The molecule has 6 heteroatoms. The van der Waals surface area contributed by atoms with E-state index in [4.69, 9.17) is 14.2 Å². The number of hydrogen-bond acceptors (Lipinski definition) is 6. The molecule has 0 radical (unpaired) electrons. The molecule has 0 amide bonds. The summed E-state index contributed by atoms with van der Waals surface area (Å²) < 4.78 is 16.6. The minimum absolute atomic E-state index is 0.0706. The first kappa shape index (κ1) is 49.1. The number of esters is 3. The molecule has 1 atom stereocenters. The van der Waals surface area contributed by atoms with Crippen molar-refractivity contribution in [3.8, 4) is 0 Å². The number of ether oxygens (including phenoxy) is 3. The van der Waals surface area contributed by atoms with Gasteiger partial charge in [-0.2, -0.15) is 0 Å². The smallest absolute Gasteiger partial charge is 0.306 e. The number of carbonyl (C=O) groups excluding carboxylic acids is 3. The standard InChI is InChI=1S/C45H84O6/c1-4-7-10-13-16-19-21-22-23-24-27-29-32-35-38-44(47)50-41-42(40-49-43(46)37-34-31-28-25-18-15-12-9-6-3)51-45(48)39-36-33-30-26-20-17-14-11-8-5-2/h14,17,42H,4-13,15-16,18-41H2,1-3H3/b17-14-. The Labute approximate surface area is 316 Å². The van der Waals surface area contributed by atoms with Crippen LogP contribution >= 0.6 is 0 Å². The van der Waals surface area contributed by atoms with Gasteiger partial charge in [-0.1, -0.05) is 193 Å². The molecule has 0 fully saturated rings. The Balaban J connectivity index is 4.31. The molecule has 0 aromatic carbocycles. The van der Waals surface area contributed by atoms with Crippen LogP contribution in [0.15, 0.2) is 12.2 Å². The Morgan fingerprint density at radius 3 is 1.04 bits per heavy atom. The van der Waals surface area contributed by atoms with E-state index < -0.39 is 6.10 Å². The Kier molecular flexibility index (Phi) is 39.4. The molecule has 0 aromatic heterocycles. The molecule has 0 aliphatic rings. The van der Waals surface area contributed by atoms with Crippen molar-refractivity contribution in [2.45, 2.75) is 245 Å². The molecule has 0 heterocycles. The summed E-state index contributed by atoms with van der Waals surface area (Å²) in [6, 6.07) is 0. The van der Waals surface area contributed by atoms with Crippen molar-refractivity contribution < 1.29 is 28.6 Å². The van der Waals surface area contributed by atoms with Gasteiger partial charge < -0.3 is 14.2 Å². The molecule has 0 aliphatic carbocycles. The second-order valence-corrected chi connectivity index (χ2v) is 15.0. The van der Waals surface area contributed by atoms with Gasteiger partial charge in [0.15, 0.2) is 6.10 Å². The fourth-order valence-corrected chi connectivity index (χ4v) is 6.36. The topological polar surface area (TPSA) is 78.9 Å². The first-order valence-corrected chi connectivity index (χ1v) is 22.2. The van der Waals surface area contributed by atoms with Gasteiger partial charge in [0, 0.05) is 19.3 Å². The van der Waals surface area contributed by atoms with Crippen LogP contribution in [0.5, 0.6) is 0 Å². The van der Waals surface area contributed by atoms with Gasteiger partial charge in [0.05, 0.1) is 0 Å². The molecule has 0 N–H and O–H groups in total. The summed E-state index contributed by atoms with van der Waals surface area (Å²) in [5, 5.41) is 0. The maximum atomic E-state index is 12.6. The van der Waals surface area contributed by atoms with Crippen LogP contribution in [0.2, 0.25) is 0 Å². The molecule has 300 valence electrons. The third-order valence-electron chi connectivity index (χ3n) is 9.77. The molecular formula is C45H84O6. The molecule has 1 unspecified atom stereocenters. The van der Waals surface area contributed by atoms with Gasteiger partial charge in [0.2, 0.25) is 0 Å². The molecule has 6 nitrogen and oxygen atoms in total. The average molecular weight is 721 g/mol. The summed E-state index contributed by atoms with van der Waals surface area (Å²) in [6.45, 7) is 6.57. The highest BCUT2D eigenvalue weighted by Crippen LogP contribution is 2.15. The molecule has 51 heavy (non-hydrogen) atoms. The lowest BCUT2D eigenvalue weighted by molar-refractivity contribution is -0.167. The zero-order valence-corrected chi connectivity index (χ0v) is 34.1. The minimum atomic E-state index is -0.766. The third-order valence-corrected chi connectivity index (χ3v) is 9.77. The van der Waals surface area contributed by atoms with E-state index in [0.29, 0.717) is 19.3 Å². The van der Waals surface area contributed by atoms with E-state index in [-0.39, 0.29) is 31.1 Å². The fourth-order valence-electron chi connectivity index (χ4n) is 6.36. The second kappa shape index (κ2) is 40.9. The molecule has 0 bridgehead atoms. The Morgan fingerprint density at radius 1 is 0.373 bits per heavy atom. The summed E-state index contributed by atoms with van der Waals surface area (Å²) in [5.41, 5.74) is 0. The van der Waals surface area contributed by atoms with Gasteiger partial charge in [-0.25, -0.2) is 0 Å². The number of hydrogen-bond donors (Lipinski definition) is 0. The molecular weight excluding hydrogens is 636 g/mol. The third kappa shape index (κ3) is 39.2. The average Bonchev–Trinajstić information content (AvgIpc) is 3.12. The first-order valence-electron chi connectivity index (χ1n) is 22.2. The van der Waals surface area contributed by atoms with Gasteiger partial charge in [-0.3, -0.25) is 14.4 Å². The van der Waals surface area contributed by atoms with Crippen LogP contribution in [-0.2, 0) is 28.6 Å². The lowest BCUT2D eigenvalue weighted by atomic mass is 10.0. The van der Waals surface area contributed by atoms with Gasteiger partial charge in [0.25, 0.3) is 0 Å². The summed E-state index contributed by atoms with van der Waals surface area (Å²) in [7, 11) is 0. The largest absolute Gasteiger partial charge is 0.462 e. The van der Waals surface area contributed by atoms with Gasteiger partial charge in [-0.15, -0.1) is 0 Å². The predicted octanol–water partition coefficient (Wildman–Crippen LogP) is 13.9. The zero-order chi connectivity index (χ0) is 37.3. The maximum Gasteiger partial charge on any atom is 0.306 e. The molecule has 0 spiro atoms. The van der Waals surface area contributed by atoms with Crippen LogP contribution in [0, 0.1) is 0 Å². The normalized spacial score (nSPS) is 12.0. The number of carbonyl (C=O) groups is 3. The van der Waals surface area contributed by atoms with E-state index >= 15 is 0 Å². The summed E-state index contributed by atoms with van der Waals surface area (Å²) in [4.78, 5) is 37.6. The zero-order valence-electron chi connectivity index (χ0n) is 34.1.